The second kappa shape index (κ2) is 7.47. The van der Waals surface area contributed by atoms with Crippen LogP contribution in [0.3, 0.4) is 0 Å². The van der Waals surface area contributed by atoms with Gasteiger partial charge in [-0.05, 0) is 0 Å². The summed E-state index contributed by atoms with van der Waals surface area (Å²) in [6, 6.07) is 0. The van der Waals surface area contributed by atoms with Crippen LogP contribution in [0.1, 0.15) is 51.9 Å². The second-order valence-corrected chi connectivity index (χ2v) is 23.0. The fourth-order valence-electron chi connectivity index (χ4n) is 1.89. The zero-order valence-electron chi connectivity index (χ0n) is 16.6. The van der Waals surface area contributed by atoms with Crippen LogP contribution in [0.5, 0.6) is 0 Å². The van der Waals surface area contributed by atoms with Gasteiger partial charge >= 0.3 is 154 Å². The number of ether oxygens (including phenoxy) is 2. The van der Waals surface area contributed by atoms with Crippen LogP contribution in [0.15, 0.2) is 6.20 Å². The molecule has 0 radical (unpaired) electrons. The van der Waals surface area contributed by atoms with Crippen molar-refractivity contribution in [2.45, 2.75) is 67.6 Å². The van der Waals surface area contributed by atoms with Crippen LogP contribution in [-0.4, -0.2) is 51.6 Å². The molecule has 1 heterocycles. The van der Waals surface area contributed by atoms with E-state index in [1.165, 1.54) is 6.20 Å². The maximum atomic E-state index is 12.5. The van der Waals surface area contributed by atoms with Gasteiger partial charge in [0, 0.05) is 0 Å². The quantitative estimate of drug-likeness (QED) is 0.553. The molecule has 7 nitrogen and oxygen atoms in total. The zero-order valence-corrected chi connectivity index (χ0v) is 19.5. The SMILES string of the molecule is CC(C)(C)OC(=O)Nc1ncc(C(=O)OC(C)(C)C)[c]([Sn]([CH3])([CH3])[CH3])n1. The van der Waals surface area contributed by atoms with Gasteiger partial charge in [0.15, 0.2) is 0 Å². The Morgan fingerprint density at radius 3 is 1.96 bits per heavy atom. The number of rotatable bonds is 3. The van der Waals surface area contributed by atoms with E-state index >= 15 is 0 Å². The molecule has 0 saturated heterocycles. The third kappa shape index (κ3) is 7.58. The second-order valence-electron chi connectivity index (χ2n) is 8.83. The zero-order chi connectivity index (χ0) is 19.6. The van der Waals surface area contributed by atoms with E-state index in [1.54, 1.807) is 20.8 Å². The number of hydrogen-bond acceptors (Lipinski definition) is 6. The van der Waals surface area contributed by atoms with Gasteiger partial charge in [-0.15, -0.1) is 0 Å². The third-order valence-electron chi connectivity index (χ3n) is 2.73. The van der Waals surface area contributed by atoms with Crippen molar-refractivity contribution >= 4 is 40.1 Å². The average Bonchev–Trinajstić information content (AvgIpc) is 2.32. The molecule has 140 valence electrons. The molecule has 25 heavy (non-hydrogen) atoms. The Hall–Kier alpha value is -1.38. The summed E-state index contributed by atoms with van der Waals surface area (Å²) in [6.45, 7) is 10.8. The predicted octanol–water partition coefficient (Wildman–Crippen LogP) is 3.32. The summed E-state index contributed by atoms with van der Waals surface area (Å²) in [5.41, 5.74) is -0.852. The summed E-state index contributed by atoms with van der Waals surface area (Å²) >= 11 is -2.78. The van der Waals surface area contributed by atoms with Gasteiger partial charge in [0.05, 0.1) is 0 Å². The molecule has 1 rings (SSSR count). The molecule has 0 aliphatic rings. The van der Waals surface area contributed by atoms with Crippen molar-refractivity contribution < 1.29 is 19.1 Å². The van der Waals surface area contributed by atoms with Crippen molar-refractivity contribution in [3.8, 4) is 0 Å². The summed E-state index contributed by atoms with van der Waals surface area (Å²) in [5, 5.41) is 2.52. The number of amides is 1. The number of carbonyl (C=O) groups is 2. The first-order chi connectivity index (χ1) is 11.1. The van der Waals surface area contributed by atoms with E-state index in [1.807, 2.05) is 20.8 Å². The van der Waals surface area contributed by atoms with E-state index in [9.17, 15) is 9.59 Å². The molecule has 0 bridgehead atoms. The minimum atomic E-state index is -2.78. The van der Waals surface area contributed by atoms with Crippen molar-refractivity contribution in [2.24, 2.45) is 0 Å². The molecule has 0 aliphatic heterocycles. The number of esters is 1. The average molecular weight is 458 g/mol. The first-order valence-corrected chi connectivity index (χ1v) is 18.2. The minimum absolute atomic E-state index is 0.128. The van der Waals surface area contributed by atoms with Crippen molar-refractivity contribution in [3.05, 3.63) is 11.8 Å². The number of carbonyl (C=O) groups excluding carboxylic acids is 2. The Labute approximate surface area is 153 Å². The van der Waals surface area contributed by atoms with Crippen LogP contribution in [0.4, 0.5) is 10.7 Å². The van der Waals surface area contributed by atoms with E-state index < -0.39 is 41.6 Å². The van der Waals surface area contributed by atoms with Crippen LogP contribution in [0, 0.1) is 0 Å². The van der Waals surface area contributed by atoms with E-state index in [0.29, 0.717) is 9.27 Å². The summed E-state index contributed by atoms with van der Waals surface area (Å²) in [5.74, 6) is -0.318. The van der Waals surface area contributed by atoms with Gasteiger partial charge in [-0.3, -0.25) is 0 Å². The van der Waals surface area contributed by atoms with E-state index in [4.69, 9.17) is 9.47 Å². The predicted molar refractivity (Wildman–Crippen MR) is 100 cm³/mol. The fraction of sp³-hybridized carbons (Fsp3) is 0.647. The van der Waals surface area contributed by atoms with E-state index in [-0.39, 0.29) is 5.95 Å². The molecule has 1 amide bonds. The summed E-state index contributed by atoms with van der Waals surface area (Å²) < 4.78 is 11.4. The Bertz CT molecular complexity index is 655. The number of hydrogen-bond donors (Lipinski definition) is 1. The van der Waals surface area contributed by atoms with Crippen molar-refractivity contribution in [2.75, 3.05) is 5.32 Å². The molecule has 0 unspecified atom stereocenters. The van der Waals surface area contributed by atoms with Crippen molar-refractivity contribution in [3.63, 3.8) is 0 Å². The molecule has 0 aliphatic carbocycles. The first kappa shape index (κ1) is 21.7. The Morgan fingerprint density at radius 1 is 1.00 bits per heavy atom. The molecule has 0 saturated carbocycles. The molecule has 0 fully saturated rings. The standard InChI is InChI=1S/C14H20N3O4.3CH3.Sn/c1-13(2,3)20-10(18)9-7-15-11(16-8-9)17-12(19)21-14(4,5)6;;;;/h7H,1-6H3,(H,15,16,17,19);3*1H3;. The topological polar surface area (TPSA) is 90.4 Å². The monoisotopic (exact) mass is 459 g/mol. The normalized spacial score (nSPS) is 12.5. The molecular weight excluding hydrogens is 429 g/mol. The molecule has 0 atom stereocenters. The molecular formula is C17H29N3O4Sn. The number of nitrogens with zero attached hydrogens (tertiary/aromatic N) is 2. The Morgan fingerprint density at radius 2 is 1.52 bits per heavy atom. The van der Waals surface area contributed by atoms with Gasteiger partial charge in [0.2, 0.25) is 0 Å². The molecule has 1 aromatic heterocycles. The summed E-state index contributed by atoms with van der Waals surface area (Å²) in [6.07, 6.45) is 0.790. The van der Waals surface area contributed by atoms with Crippen molar-refractivity contribution in [1.82, 2.24) is 9.97 Å². The molecule has 0 aromatic carbocycles. The van der Waals surface area contributed by atoms with Crippen LogP contribution in [0.2, 0.25) is 14.8 Å². The van der Waals surface area contributed by atoms with Gasteiger partial charge in [-0.1, -0.05) is 0 Å². The van der Waals surface area contributed by atoms with Crippen molar-refractivity contribution in [1.29, 1.82) is 0 Å². The molecule has 1 aromatic rings. The summed E-state index contributed by atoms with van der Waals surface area (Å²) in [4.78, 5) is 39.3. The van der Waals surface area contributed by atoms with Gasteiger partial charge in [-0.25, -0.2) is 0 Å². The van der Waals surface area contributed by atoms with Crippen LogP contribution < -0.4 is 9.03 Å². The number of aromatic nitrogens is 2. The van der Waals surface area contributed by atoms with Gasteiger partial charge in [0.25, 0.3) is 0 Å². The van der Waals surface area contributed by atoms with E-state index in [0.717, 1.165) is 0 Å². The van der Waals surface area contributed by atoms with Gasteiger partial charge in [-0.2, -0.15) is 0 Å². The first-order valence-electron chi connectivity index (χ1n) is 8.19. The van der Waals surface area contributed by atoms with Crippen LogP contribution in [0.25, 0.3) is 0 Å². The number of nitrogens with one attached hydrogen (secondary N) is 1. The summed E-state index contributed by atoms with van der Waals surface area (Å²) in [7, 11) is 0. The molecule has 0 spiro atoms. The van der Waals surface area contributed by atoms with Gasteiger partial charge < -0.3 is 0 Å². The maximum absolute atomic E-state index is 12.5. The number of anilines is 1. The van der Waals surface area contributed by atoms with E-state index in [2.05, 4.69) is 30.1 Å². The third-order valence-corrected chi connectivity index (χ3v) is 7.87. The molecule has 1 N–H and O–H groups in total. The fourth-order valence-corrected chi connectivity index (χ4v) is 5.93. The van der Waals surface area contributed by atoms with Crippen LogP contribution >= 0.6 is 0 Å². The Balaban J connectivity index is 3.15. The Kier molecular flexibility index (Phi) is 6.47. The van der Waals surface area contributed by atoms with Crippen LogP contribution in [-0.2, 0) is 9.47 Å². The molecule has 8 heteroatoms. The van der Waals surface area contributed by atoms with Gasteiger partial charge in [0.1, 0.15) is 0 Å².